The molecule has 2 bridgehead atoms. The highest BCUT2D eigenvalue weighted by Gasteiger charge is 2.96. The molecule has 2 saturated heterocycles. The molecule has 3 heterocycles. The highest BCUT2D eigenvalue weighted by atomic mass is 16.7. The summed E-state index contributed by atoms with van der Waals surface area (Å²) >= 11 is 0. The largest absolute Gasteiger partial charge is 0.497 e. The third-order valence-corrected chi connectivity index (χ3v) is 8.32. The van der Waals surface area contributed by atoms with Crippen molar-refractivity contribution >= 4 is 17.4 Å². The Balaban J connectivity index is 1.50. The van der Waals surface area contributed by atoms with Crippen molar-refractivity contribution < 1.29 is 29.0 Å². The predicted octanol–water partition coefficient (Wildman–Crippen LogP) is 0.310. The minimum absolute atomic E-state index is 0.0265. The van der Waals surface area contributed by atoms with Crippen LogP contribution in [0.5, 0.6) is 5.75 Å². The molecule has 4 fully saturated rings. The topological polar surface area (TPSA) is 97.3 Å². The SMILES string of the molecule is CCC(=O)[C@]12N[C@@H]3C[C@@]4(C(=O)N(OC)c5cc(OC)ccc54)[C@@H]4OC[C@@H]1[C@@]32[C@H]4O. The molecular weight excluding hydrogens is 376 g/mol. The molecular formula is C21H24N2O6. The lowest BCUT2D eigenvalue weighted by atomic mass is 9.55. The normalized spacial score (nSPS) is 45.5. The van der Waals surface area contributed by atoms with Crippen LogP contribution >= 0.6 is 0 Å². The molecule has 2 spiro atoms. The average molecular weight is 400 g/mol. The van der Waals surface area contributed by atoms with Crippen LogP contribution in [0.1, 0.15) is 25.3 Å². The molecule has 0 radical (unpaired) electrons. The summed E-state index contributed by atoms with van der Waals surface area (Å²) in [5.74, 6) is 0.466. The fourth-order valence-electron chi connectivity index (χ4n) is 7.22. The number of aliphatic hydroxyl groups excluding tert-OH is 1. The number of amides is 1. The minimum atomic E-state index is -1.06. The molecule has 154 valence electrons. The number of nitrogens with zero attached hydrogens (tertiary/aromatic N) is 1. The van der Waals surface area contributed by atoms with E-state index in [2.05, 4.69) is 5.32 Å². The number of carbonyl (C=O) groups is 2. The van der Waals surface area contributed by atoms with Gasteiger partial charge in [-0.2, -0.15) is 5.06 Å². The standard InChI is InChI=1S/C21H24N2O6/c1-4-15(24)21-13-9-29-17-16(25)20(13,21)14(22-21)8-19(17)11-6-5-10(27-2)7-12(11)23(28-3)18(19)26/h5-7,13-14,16-17,22,25H,4,8-9H2,1-3H3/t13-,14-,16+,17-,19+,20+,21-/m1/s1. The first kappa shape index (κ1) is 17.8. The van der Waals surface area contributed by atoms with Crippen LogP contribution in [-0.2, 0) is 24.6 Å². The molecule has 29 heavy (non-hydrogen) atoms. The summed E-state index contributed by atoms with van der Waals surface area (Å²) in [6.07, 6.45) is -0.738. The first-order valence-electron chi connectivity index (χ1n) is 10.1. The molecule has 8 heteroatoms. The molecule has 0 unspecified atom stereocenters. The van der Waals surface area contributed by atoms with Crippen molar-refractivity contribution in [3.05, 3.63) is 23.8 Å². The van der Waals surface area contributed by atoms with Crippen LogP contribution in [-0.4, -0.2) is 61.4 Å². The molecule has 0 aromatic heterocycles. The zero-order chi connectivity index (χ0) is 20.3. The summed E-state index contributed by atoms with van der Waals surface area (Å²) in [7, 11) is 3.02. The third kappa shape index (κ3) is 1.53. The molecule has 1 aromatic carbocycles. The summed E-state index contributed by atoms with van der Waals surface area (Å²) in [6, 6.07) is 5.32. The van der Waals surface area contributed by atoms with E-state index in [0.29, 0.717) is 30.9 Å². The van der Waals surface area contributed by atoms with E-state index in [0.717, 1.165) is 5.56 Å². The quantitative estimate of drug-likeness (QED) is 0.751. The van der Waals surface area contributed by atoms with Crippen LogP contribution in [0.15, 0.2) is 18.2 Å². The van der Waals surface area contributed by atoms with E-state index in [1.165, 1.54) is 12.2 Å². The lowest BCUT2D eigenvalue weighted by Gasteiger charge is -2.58. The van der Waals surface area contributed by atoms with E-state index in [1.54, 1.807) is 13.2 Å². The fraction of sp³-hybridized carbons (Fsp3) is 0.619. The molecule has 5 aliphatic rings. The van der Waals surface area contributed by atoms with Crippen molar-refractivity contribution in [2.45, 2.75) is 49.0 Å². The molecule has 6 rings (SSSR count). The van der Waals surface area contributed by atoms with Gasteiger partial charge in [0.25, 0.3) is 5.91 Å². The number of ether oxygens (including phenoxy) is 2. The van der Waals surface area contributed by atoms with Crippen molar-refractivity contribution in [2.24, 2.45) is 11.3 Å². The number of benzene rings is 1. The van der Waals surface area contributed by atoms with Crippen LogP contribution < -0.4 is 15.1 Å². The van der Waals surface area contributed by atoms with Crippen LogP contribution in [0, 0.1) is 11.3 Å². The van der Waals surface area contributed by atoms with E-state index >= 15 is 0 Å². The van der Waals surface area contributed by atoms with Crippen LogP contribution in [0.4, 0.5) is 5.69 Å². The van der Waals surface area contributed by atoms with Gasteiger partial charge in [0.2, 0.25) is 0 Å². The second-order valence-electron chi connectivity index (χ2n) is 8.81. The maximum absolute atomic E-state index is 13.6. The van der Waals surface area contributed by atoms with Crippen molar-refractivity contribution in [1.82, 2.24) is 5.32 Å². The zero-order valence-electron chi connectivity index (χ0n) is 16.6. The smallest absolute Gasteiger partial charge is 0.264 e. The summed E-state index contributed by atoms with van der Waals surface area (Å²) in [5.41, 5.74) is -0.884. The number of methoxy groups -OCH3 is 1. The van der Waals surface area contributed by atoms with E-state index in [1.807, 2.05) is 19.1 Å². The van der Waals surface area contributed by atoms with E-state index < -0.39 is 28.6 Å². The van der Waals surface area contributed by atoms with Gasteiger partial charge in [-0.3, -0.25) is 14.4 Å². The van der Waals surface area contributed by atoms with E-state index in [4.69, 9.17) is 14.3 Å². The van der Waals surface area contributed by atoms with Gasteiger partial charge in [0.1, 0.15) is 17.3 Å². The van der Waals surface area contributed by atoms with Gasteiger partial charge >= 0.3 is 0 Å². The molecule has 1 amide bonds. The van der Waals surface area contributed by atoms with Gasteiger partial charge < -0.3 is 19.9 Å². The maximum atomic E-state index is 13.6. The number of ketones is 1. The van der Waals surface area contributed by atoms with Gasteiger partial charge in [-0.15, -0.1) is 0 Å². The number of aliphatic hydroxyl groups is 1. The molecule has 2 saturated carbocycles. The summed E-state index contributed by atoms with van der Waals surface area (Å²) in [5, 5.41) is 16.2. The number of hydrogen-bond donors (Lipinski definition) is 2. The maximum Gasteiger partial charge on any atom is 0.264 e. The van der Waals surface area contributed by atoms with Gasteiger partial charge in [0.15, 0.2) is 5.78 Å². The van der Waals surface area contributed by atoms with Crippen molar-refractivity contribution in [1.29, 1.82) is 0 Å². The van der Waals surface area contributed by atoms with E-state index in [-0.39, 0.29) is 23.7 Å². The van der Waals surface area contributed by atoms with Crippen molar-refractivity contribution in [3.8, 4) is 5.75 Å². The number of nitrogens with one attached hydrogen (secondary N) is 1. The van der Waals surface area contributed by atoms with Gasteiger partial charge in [-0.1, -0.05) is 13.0 Å². The number of rotatable bonds is 4. The zero-order valence-corrected chi connectivity index (χ0v) is 16.6. The number of carbonyl (C=O) groups excluding carboxylic acids is 2. The Hall–Kier alpha value is -2.00. The van der Waals surface area contributed by atoms with Crippen molar-refractivity contribution in [2.75, 3.05) is 25.9 Å². The number of hydrogen-bond acceptors (Lipinski definition) is 7. The highest BCUT2D eigenvalue weighted by molar-refractivity contribution is 6.08. The number of hydroxylamine groups is 1. The van der Waals surface area contributed by atoms with Gasteiger partial charge in [-0.05, 0) is 18.1 Å². The molecule has 2 N–H and O–H groups in total. The first-order valence-corrected chi connectivity index (χ1v) is 10.1. The molecule has 8 nitrogen and oxygen atoms in total. The molecule has 7 atom stereocenters. The Morgan fingerprint density at radius 3 is 2.90 bits per heavy atom. The predicted molar refractivity (Wildman–Crippen MR) is 100 cm³/mol. The Bertz CT molecular complexity index is 966. The van der Waals surface area contributed by atoms with Crippen LogP contribution in [0.25, 0.3) is 0 Å². The third-order valence-electron chi connectivity index (χ3n) is 8.32. The Morgan fingerprint density at radius 2 is 2.21 bits per heavy atom. The summed E-state index contributed by atoms with van der Waals surface area (Å²) in [6.45, 7) is 2.22. The lowest BCUT2D eigenvalue weighted by molar-refractivity contribution is -0.197. The molecule has 1 aromatic rings. The van der Waals surface area contributed by atoms with Crippen LogP contribution in [0.2, 0.25) is 0 Å². The van der Waals surface area contributed by atoms with E-state index in [9.17, 15) is 14.7 Å². The fourth-order valence-corrected chi connectivity index (χ4v) is 7.22. The Morgan fingerprint density at radius 1 is 1.41 bits per heavy atom. The van der Waals surface area contributed by atoms with Crippen molar-refractivity contribution in [3.63, 3.8) is 0 Å². The Kier molecular flexibility index (Phi) is 3.18. The molecule has 3 aliphatic heterocycles. The van der Waals surface area contributed by atoms with Crippen LogP contribution in [0.3, 0.4) is 0 Å². The highest BCUT2D eigenvalue weighted by Crippen LogP contribution is 2.80. The minimum Gasteiger partial charge on any atom is -0.497 e. The number of fused-ring (bicyclic) bond motifs is 5. The van der Waals surface area contributed by atoms with Gasteiger partial charge in [-0.25, -0.2) is 0 Å². The second kappa shape index (κ2) is 5.18. The monoisotopic (exact) mass is 400 g/mol. The summed E-state index contributed by atoms with van der Waals surface area (Å²) in [4.78, 5) is 31.8. The Labute approximate surface area is 168 Å². The number of anilines is 1. The second-order valence-corrected chi connectivity index (χ2v) is 8.81. The summed E-state index contributed by atoms with van der Waals surface area (Å²) < 4.78 is 11.5. The molecule has 2 aliphatic carbocycles. The number of Topliss-reactive ketones (excluding diaryl/α,β-unsaturated/α-hetero) is 1. The average Bonchev–Trinajstić information content (AvgIpc) is 3.06. The van der Waals surface area contributed by atoms with Gasteiger partial charge in [0, 0.05) is 29.9 Å². The van der Waals surface area contributed by atoms with Gasteiger partial charge in [0.05, 0.1) is 38.2 Å². The first-order chi connectivity index (χ1) is 13.9. The lowest BCUT2D eigenvalue weighted by Crippen LogP contribution is -2.77.